The number of nitrogens with two attached hydrogens (primary N) is 1. The lowest BCUT2D eigenvalue weighted by molar-refractivity contribution is 0.488. The lowest BCUT2D eigenvalue weighted by Gasteiger charge is -2.10. The molecule has 5 aromatic rings. The third-order valence-corrected chi connectivity index (χ3v) is 5.61. The molecule has 136 valence electrons. The third kappa shape index (κ3) is 2.10. The van der Waals surface area contributed by atoms with Crippen molar-refractivity contribution in [3.63, 3.8) is 0 Å². The molecule has 3 N–H and O–H groups in total. The fraction of sp³-hybridized carbons (Fsp3) is 0.143. The highest BCUT2D eigenvalue weighted by molar-refractivity contribution is 6.04. The van der Waals surface area contributed by atoms with Gasteiger partial charge in [0.25, 0.3) is 0 Å². The summed E-state index contributed by atoms with van der Waals surface area (Å²) in [6, 6.07) is 12.8. The summed E-state index contributed by atoms with van der Waals surface area (Å²) < 4.78 is 2.03. The standard InChI is InChI=1S/C21H17N7/c22-19-17-18(15-5-7-23-20-16(15)6-8-24-20)27-28(21(17)26-11-25-19)14-9-12-3-1-2-4-13(12)10-14/h1-8,11,14H,9-10H2,(H,23,24)(H2,22,25,26). The van der Waals surface area contributed by atoms with Crippen molar-refractivity contribution >= 4 is 27.9 Å². The molecule has 28 heavy (non-hydrogen) atoms. The van der Waals surface area contributed by atoms with Crippen molar-refractivity contribution in [1.29, 1.82) is 0 Å². The number of aromatic nitrogens is 6. The quantitative estimate of drug-likeness (QED) is 0.499. The zero-order chi connectivity index (χ0) is 18.7. The van der Waals surface area contributed by atoms with Crippen molar-refractivity contribution in [2.75, 3.05) is 5.73 Å². The molecule has 0 saturated carbocycles. The maximum Gasteiger partial charge on any atom is 0.164 e. The average molecular weight is 367 g/mol. The SMILES string of the molecule is Nc1ncnc2c1c(-c1ccnc3[nH]ccc13)nn2C1Cc2ccccc2C1. The first kappa shape index (κ1) is 15.3. The Morgan fingerprint density at radius 2 is 1.82 bits per heavy atom. The molecule has 0 atom stereocenters. The van der Waals surface area contributed by atoms with Gasteiger partial charge in [0.05, 0.1) is 11.4 Å². The minimum Gasteiger partial charge on any atom is -0.383 e. The number of hydrogen-bond donors (Lipinski definition) is 2. The van der Waals surface area contributed by atoms with E-state index >= 15 is 0 Å². The van der Waals surface area contributed by atoms with Gasteiger partial charge < -0.3 is 10.7 Å². The minimum absolute atomic E-state index is 0.214. The van der Waals surface area contributed by atoms with Crippen LogP contribution in [0.15, 0.2) is 55.1 Å². The van der Waals surface area contributed by atoms with Crippen LogP contribution in [-0.2, 0) is 12.8 Å². The van der Waals surface area contributed by atoms with E-state index in [0.29, 0.717) is 5.82 Å². The summed E-state index contributed by atoms with van der Waals surface area (Å²) in [4.78, 5) is 16.3. The molecule has 7 heteroatoms. The van der Waals surface area contributed by atoms with Crippen LogP contribution in [0.3, 0.4) is 0 Å². The van der Waals surface area contributed by atoms with E-state index in [1.807, 2.05) is 23.0 Å². The van der Waals surface area contributed by atoms with Gasteiger partial charge in [-0.25, -0.2) is 19.6 Å². The minimum atomic E-state index is 0.214. The molecule has 0 spiro atoms. The molecule has 7 nitrogen and oxygen atoms in total. The highest BCUT2D eigenvalue weighted by Crippen LogP contribution is 2.37. The molecule has 0 unspecified atom stereocenters. The van der Waals surface area contributed by atoms with Crippen LogP contribution in [0, 0.1) is 0 Å². The van der Waals surface area contributed by atoms with Crippen molar-refractivity contribution in [1.82, 2.24) is 29.7 Å². The first-order valence-electron chi connectivity index (χ1n) is 9.27. The number of nitrogens with one attached hydrogen (secondary N) is 1. The monoisotopic (exact) mass is 367 g/mol. The maximum absolute atomic E-state index is 6.28. The molecule has 0 saturated heterocycles. The van der Waals surface area contributed by atoms with Gasteiger partial charge in [0, 0.05) is 23.3 Å². The second-order valence-electron chi connectivity index (χ2n) is 7.18. The summed E-state index contributed by atoms with van der Waals surface area (Å²) >= 11 is 0. The van der Waals surface area contributed by atoms with Crippen LogP contribution in [0.25, 0.3) is 33.3 Å². The van der Waals surface area contributed by atoms with Gasteiger partial charge in [-0.15, -0.1) is 0 Å². The lowest BCUT2D eigenvalue weighted by Crippen LogP contribution is -2.11. The first-order valence-corrected chi connectivity index (χ1v) is 9.27. The van der Waals surface area contributed by atoms with E-state index < -0.39 is 0 Å². The van der Waals surface area contributed by atoms with Crippen molar-refractivity contribution < 1.29 is 0 Å². The van der Waals surface area contributed by atoms with E-state index in [1.54, 1.807) is 6.20 Å². The predicted octanol–water partition coefficient (Wildman–Crippen LogP) is 3.29. The normalized spacial score (nSPS) is 14.1. The number of aromatic amines is 1. The van der Waals surface area contributed by atoms with Crippen LogP contribution in [0.5, 0.6) is 0 Å². The molecular weight excluding hydrogens is 350 g/mol. The smallest absolute Gasteiger partial charge is 0.164 e. The molecule has 1 aliphatic carbocycles. The number of nitrogens with zero attached hydrogens (tertiary/aromatic N) is 5. The van der Waals surface area contributed by atoms with E-state index in [0.717, 1.165) is 46.2 Å². The predicted molar refractivity (Wildman–Crippen MR) is 108 cm³/mol. The highest BCUT2D eigenvalue weighted by atomic mass is 15.3. The van der Waals surface area contributed by atoms with Crippen molar-refractivity contribution in [3.8, 4) is 11.3 Å². The van der Waals surface area contributed by atoms with E-state index in [1.165, 1.54) is 17.5 Å². The van der Waals surface area contributed by atoms with Gasteiger partial charge in [-0.2, -0.15) is 5.10 Å². The summed E-state index contributed by atoms with van der Waals surface area (Å²) in [6.07, 6.45) is 7.05. The summed E-state index contributed by atoms with van der Waals surface area (Å²) in [5, 5.41) is 6.81. The number of nitrogen functional groups attached to an aromatic ring is 1. The van der Waals surface area contributed by atoms with E-state index in [-0.39, 0.29) is 6.04 Å². The van der Waals surface area contributed by atoms with Crippen molar-refractivity contribution in [2.24, 2.45) is 0 Å². The Labute approximate surface area is 160 Å². The van der Waals surface area contributed by atoms with Crippen LogP contribution in [0.1, 0.15) is 17.2 Å². The Morgan fingerprint density at radius 1 is 1.00 bits per heavy atom. The van der Waals surface area contributed by atoms with Gasteiger partial charge in [0.15, 0.2) is 5.65 Å². The number of anilines is 1. The van der Waals surface area contributed by atoms with Gasteiger partial charge in [-0.1, -0.05) is 24.3 Å². The Bertz CT molecular complexity index is 1320. The molecule has 6 rings (SSSR count). The number of hydrogen-bond acceptors (Lipinski definition) is 5. The van der Waals surface area contributed by atoms with Crippen LogP contribution in [0.4, 0.5) is 5.82 Å². The zero-order valence-electron chi connectivity index (χ0n) is 15.0. The van der Waals surface area contributed by atoms with Gasteiger partial charge in [-0.3, -0.25) is 0 Å². The van der Waals surface area contributed by atoms with Gasteiger partial charge in [0.2, 0.25) is 0 Å². The summed E-state index contributed by atoms with van der Waals surface area (Å²) in [7, 11) is 0. The van der Waals surface area contributed by atoms with Crippen LogP contribution >= 0.6 is 0 Å². The third-order valence-electron chi connectivity index (χ3n) is 5.61. The average Bonchev–Trinajstić information content (AvgIpc) is 3.43. The molecule has 1 aromatic carbocycles. The number of H-pyrrole nitrogens is 1. The van der Waals surface area contributed by atoms with Crippen LogP contribution < -0.4 is 5.73 Å². The first-order chi connectivity index (χ1) is 13.8. The molecule has 0 amide bonds. The number of fused-ring (bicyclic) bond motifs is 3. The molecule has 0 aliphatic heterocycles. The highest BCUT2D eigenvalue weighted by Gasteiger charge is 2.28. The Morgan fingerprint density at radius 3 is 2.64 bits per heavy atom. The molecule has 4 aromatic heterocycles. The Hall–Kier alpha value is -3.74. The van der Waals surface area contributed by atoms with Crippen molar-refractivity contribution in [3.05, 3.63) is 66.2 Å². The molecule has 0 fully saturated rings. The van der Waals surface area contributed by atoms with Crippen molar-refractivity contribution in [2.45, 2.75) is 18.9 Å². The molecule has 4 heterocycles. The fourth-order valence-electron chi connectivity index (χ4n) is 4.31. The number of rotatable bonds is 2. The molecule has 0 bridgehead atoms. The second kappa shape index (κ2) is 5.63. The molecular formula is C21H17N7. The van der Waals surface area contributed by atoms with E-state index in [9.17, 15) is 0 Å². The topological polar surface area (TPSA) is 98.3 Å². The van der Waals surface area contributed by atoms with Gasteiger partial charge in [0.1, 0.15) is 23.5 Å². The Balaban J connectivity index is 1.59. The zero-order valence-corrected chi connectivity index (χ0v) is 15.0. The maximum atomic E-state index is 6.28. The summed E-state index contributed by atoms with van der Waals surface area (Å²) in [5.41, 5.74) is 12.4. The number of pyridine rings is 1. The van der Waals surface area contributed by atoms with E-state index in [2.05, 4.69) is 44.2 Å². The number of benzene rings is 1. The van der Waals surface area contributed by atoms with E-state index in [4.69, 9.17) is 10.8 Å². The molecule has 1 aliphatic rings. The van der Waals surface area contributed by atoms with Gasteiger partial charge >= 0.3 is 0 Å². The molecule has 0 radical (unpaired) electrons. The summed E-state index contributed by atoms with van der Waals surface area (Å²) in [6.45, 7) is 0. The second-order valence-corrected chi connectivity index (χ2v) is 7.18. The largest absolute Gasteiger partial charge is 0.383 e. The van der Waals surface area contributed by atoms with Crippen LogP contribution in [0.2, 0.25) is 0 Å². The van der Waals surface area contributed by atoms with Gasteiger partial charge in [-0.05, 0) is 36.1 Å². The summed E-state index contributed by atoms with van der Waals surface area (Å²) in [5.74, 6) is 0.447. The van der Waals surface area contributed by atoms with Crippen LogP contribution in [-0.4, -0.2) is 29.7 Å². The fourth-order valence-corrected chi connectivity index (χ4v) is 4.31. The lowest BCUT2D eigenvalue weighted by atomic mass is 10.1. The Kier molecular flexibility index (Phi) is 3.08.